The van der Waals surface area contributed by atoms with Crippen LogP contribution in [-0.4, -0.2) is 36.9 Å². The summed E-state index contributed by atoms with van der Waals surface area (Å²) in [6, 6.07) is 11.6. The van der Waals surface area contributed by atoms with Crippen molar-refractivity contribution in [3.8, 4) is 0 Å². The summed E-state index contributed by atoms with van der Waals surface area (Å²) < 4.78 is 0. The molecule has 0 fully saturated rings. The summed E-state index contributed by atoms with van der Waals surface area (Å²) in [6.07, 6.45) is 0. The number of benzene rings is 2. The number of carbonyl (C=O) groups is 3. The predicted molar refractivity (Wildman–Crippen MR) is 113 cm³/mol. The van der Waals surface area contributed by atoms with Gasteiger partial charge < -0.3 is 16.4 Å². The summed E-state index contributed by atoms with van der Waals surface area (Å²) in [5, 5.41) is 5.56. The molecule has 0 spiro atoms. The van der Waals surface area contributed by atoms with Gasteiger partial charge in [0.15, 0.2) is 0 Å². The van der Waals surface area contributed by atoms with Gasteiger partial charge in [0.05, 0.1) is 11.4 Å². The molecule has 0 aromatic heterocycles. The van der Waals surface area contributed by atoms with Crippen LogP contribution in [0, 0.1) is 12.8 Å². The molecule has 7 heteroatoms. The van der Waals surface area contributed by atoms with Crippen molar-refractivity contribution in [1.29, 1.82) is 0 Å². The summed E-state index contributed by atoms with van der Waals surface area (Å²) in [5.41, 5.74) is 8.31. The van der Waals surface area contributed by atoms with Crippen molar-refractivity contribution in [2.45, 2.75) is 26.8 Å². The molecule has 0 saturated carbocycles. The number of nitrogens with one attached hydrogen (secondary N) is 2. The molecule has 0 radical (unpaired) electrons. The van der Waals surface area contributed by atoms with Gasteiger partial charge in [-0.1, -0.05) is 31.5 Å². The van der Waals surface area contributed by atoms with Crippen LogP contribution in [0.5, 0.6) is 0 Å². The van der Waals surface area contributed by atoms with Crippen LogP contribution in [0.3, 0.4) is 0 Å². The Kier molecular flexibility index (Phi) is 5.98. The Labute approximate surface area is 170 Å². The number of nitrogens with two attached hydrogens (primary N) is 1. The molecule has 1 atom stereocenters. The predicted octanol–water partition coefficient (Wildman–Crippen LogP) is 2.31. The molecule has 0 bridgehead atoms. The highest BCUT2D eigenvalue weighted by Gasteiger charge is 2.39. The molecule has 1 aliphatic heterocycles. The third-order valence-corrected chi connectivity index (χ3v) is 4.87. The van der Waals surface area contributed by atoms with Gasteiger partial charge in [-0.3, -0.25) is 19.3 Å². The van der Waals surface area contributed by atoms with Crippen LogP contribution in [0.15, 0.2) is 42.5 Å². The molecular weight excluding hydrogens is 368 g/mol. The fourth-order valence-corrected chi connectivity index (χ4v) is 3.50. The highest BCUT2D eigenvalue weighted by molar-refractivity contribution is 6.17. The molecular formula is C22H26N4O3. The van der Waals surface area contributed by atoms with Crippen LogP contribution in [-0.2, 0) is 4.79 Å². The van der Waals surface area contributed by atoms with E-state index in [1.165, 1.54) is 4.90 Å². The first kappa shape index (κ1) is 20.5. The number of amides is 3. The Balaban J connectivity index is 2.05. The molecule has 3 amide bonds. The Morgan fingerprint density at radius 1 is 1.17 bits per heavy atom. The second-order valence-electron chi connectivity index (χ2n) is 7.50. The second-order valence-corrected chi connectivity index (χ2v) is 7.50. The Morgan fingerprint density at radius 3 is 2.59 bits per heavy atom. The van der Waals surface area contributed by atoms with Crippen molar-refractivity contribution in [2.75, 3.05) is 23.3 Å². The Bertz CT molecular complexity index is 955. The molecule has 2 aromatic carbocycles. The molecule has 7 nitrogen and oxygen atoms in total. The zero-order valence-corrected chi connectivity index (χ0v) is 16.9. The number of hydrogen-bond donors (Lipinski definition) is 3. The normalized spacial score (nSPS) is 15.7. The van der Waals surface area contributed by atoms with Crippen molar-refractivity contribution in [1.82, 2.24) is 5.32 Å². The highest BCUT2D eigenvalue weighted by atomic mass is 16.2. The van der Waals surface area contributed by atoms with Gasteiger partial charge in [-0.15, -0.1) is 0 Å². The van der Waals surface area contributed by atoms with Crippen molar-refractivity contribution >= 4 is 29.1 Å². The molecule has 0 saturated heterocycles. The molecule has 4 N–H and O–H groups in total. The summed E-state index contributed by atoms with van der Waals surface area (Å²) in [4.78, 5) is 40.0. The lowest BCUT2D eigenvalue weighted by molar-refractivity contribution is -0.118. The van der Waals surface area contributed by atoms with Crippen molar-refractivity contribution in [3.05, 3.63) is 59.2 Å². The van der Waals surface area contributed by atoms with Gasteiger partial charge in [-0.25, -0.2) is 0 Å². The Hall–Kier alpha value is -3.19. The fourth-order valence-electron chi connectivity index (χ4n) is 3.50. The van der Waals surface area contributed by atoms with E-state index in [1.807, 2.05) is 32.9 Å². The van der Waals surface area contributed by atoms with E-state index in [4.69, 9.17) is 5.73 Å². The standard InChI is InChI=1S/C22H26N4O3/c1-13(2)19-21(28)25-17-12-15(20(27)24-10-9-23)7-8-18(17)26(19)22(29)16-6-4-5-14(3)11-16/h4-8,11-13,19H,9-10,23H2,1-3H3,(H,24,27)(H,25,28). The number of fused-ring (bicyclic) bond motifs is 1. The van der Waals surface area contributed by atoms with E-state index >= 15 is 0 Å². The SMILES string of the molecule is Cc1cccc(C(=O)N2c3ccc(C(=O)NCCN)cc3NC(=O)C2C(C)C)c1. The number of anilines is 2. The number of aryl methyl sites for hydroxylation is 1. The third kappa shape index (κ3) is 4.14. The molecule has 1 heterocycles. The highest BCUT2D eigenvalue weighted by Crippen LogP contribution is 2.36. The first-order valence-electron chi connectivity index (χ1n) is 9.67. The van der Waals surface area contributed by atoms with Crippen molar-refractivity contribution in [2.24, 2.45) is 11.7 Å². The maximum absolute atomic E-state index is 13.4. The van der Waals surface area contributed by atoms with E-state index < -0.39 is 6.04 Å². The lowest BCUT2D eigenvalue weighted by Gasteiger charge is -2.38. The molecule has 1 unspecified atom stereocenters. The fraction of sp³-hybridized carbons (Fsp3) is 0.318. The van der Waals surface area contributed by atoms with Gasteiger partial charge >= 0.3 is 0 Å². The zero-order chi connectivity index (χ0) is 21.1. The summed E-state index contributed by atoms with van der Waals surface area (Å²) in [6.45, 7) is 6.42. The van der Waals surface area contributed by atoms with Gasteiger partial charge in [0.2, 0.25) is 5.91 Å². The monoisotopic (exact) mass is 394 g/mol. The first-order chi connectivity index (χ1) is 13.8. The van der Waals surface area contributed by atoms with Gasteiger partial charge in [-0.05, 0) is 43.2 Å². The summed E-state index contributed by atoms with van der Waals surface area (Å²) in [5.74, 6) is -0.892. The average Bonchev–Trinajstić information content (AvgIpc) is 2.69. The first-order valence-corrected chi connectivity index (χ1v) is 9.67. The minimum absolute atomic E-state index is 0.0931. The van der Waals surface area contributed by atoms with E-state index in [2.05, 4.69) is 10.6 Å². The van der Waals surface area contributed by atoms with E-state index in [0.717, 1.165) is 5.56 Å². The number of hydrogen-bond acceptors (Lipinski definition) is 4. The maximum Gasteiger partial charge on any atom is 0.259 e. The Morgan fingerprint density at radius 2 is 1.93 bits per heavy atom. The van der Waals surface area contributed by atoms with Crippen LogP contribution in [0.4, 0.5) is 11.4 Å². The lowest BCUT2D eigenvalue weighted by atomic mass is 9.95. The molecule has 0 aliphatic carbocycles. The van der Waals surface area contributed by atoms with Crippen molar-refractivity contribution in [3.63, 3.8) is 0 Å². The zero-order valence-electron chi connectivity index (χ0n) is 16.9. The summed E-state index contributed by atoms with van der Waals surface area (Å²) in [7, 11) is 0. The number of rotatable bonds is 5. The van der Waals surface area contributed by atoms with E-state index in [9.17, 15) is 14.4 Å². The van der Waals surface area contributed by atoms with Gasteiger partial charge in [0.1, 0.15) is 6.04 Å². The van der Waals surface area contributed by atoms with Crippen LogP contribution in [0.25, 0.3) is 0 Å². The molecule has 3 rings (SSSR count). The molecule has 1 aliphatic rings. The van der Waals surface area contributed by atoms with Crippen LogP contribution in [0.2, 0.25) is 0 Å². The quantitative estimate of drug-likeness (QED) is 0.724. The lowest BCUT2D eigenvalue weighted by Crippen LogP contribution is -2.53. The van der Waals surface area contributed by atoms with Gasteiger partial charge in [0.25, 0.3) is 11.8 Å². The van der Waals surface area contributed by atoms with E-state index in [-0.39, 0.29) is 23.6 Å². The van der Waals surface area contributed by atoms with Gasteiger partial charge in [0, 0.05) is 24.2 Å². The second kappa shape index (κ2) is 8.45. The summed E-state index contributed by atoms with van der Waals surface area (Å²) >= 11 is 0. The van der Waals surface area contributed by atoms with E-state index in [0.29, 0.717) is 35.6 Å². The number of nitrogens with zero attached hydrogens (tertiary/aromatic N) is 1. The van der Waals surface area contributed by atoms with Crippen LogP contribution < -0.4 is 21.3 Å². The minimum atomic E-state index is -0.646. The van der Waals surface area contributed by atoms with Crippen molar-refractivity contribution < 1.29 is 14.4 Å². The minimum Gasteiger partial charge on any atom is -0.351 e. The smallest absolute Gasteiger partial charge is 0.259 e. The molecule has 2 aromatic rings. The van der Waals surface area contributed by atoms with E-state index in [1.54, 1.807) is 30.3 Å². The van der Waals surface area contributed by atoms with Gasteiger partial charge in [-0.2, -0.15) is 0 Å². The van der Waals surface area contributed by atoms with Crippen LogP contribution in [0.1, 0.15) is 40.1 Å². The average molecular weight is 394 g/mol. The number of carbonyl (C=O) groups excluding carboxylic acids is 3. The largest absolute Gasteiger partial charge is 0.351 e. The van der Waals surface area contributed by atoms with Crippen LogP contribution >= 0.6 is 0 Å². The molecule has 29 heavy (non-hydrogen) atoms. The topological polar surface area (TPSA) is 105 Å². The maximum atomic E-state index is 13.4. The molecule has 152 valence electrons. The third-order valence-electron chi connectivity index (χ3n) is 4.87.